The molecule has 4 rings (SSSR count). The predicted molar refractivity (Wildman–Crippen MR) is 86.2 cm³/mol. The van der Waals surface area contributed by atoms with Crippen molar-refractivity contribution < 1.29 is 0 Å². The van der Waals surface area contributed by atoms with E-state index >= 15 is 0 Å². The summed E-state index contributed by atoms with van der Waals surface area (Å²) in [7, 11) is 0. The summed E-state index contributed by atoms with van der Waals surface area (Å²) in [6.45, 7) is 1.87. The second kappa shape index (κ2) is 4.30. The maximum atomic E-state index is 12.7. The van der Waals surface area contributed by atoms with Crippen LogP contribution in [0.4, 0.5) is 0 Å². The molecule has 0 unspecified atom stereocenters. The molecule has 3 nitrogen and oxygen atoms in total. The van der Waals surface area contributed by atoms with Crippen LogP contribution in [0.5, 0.6) is 0 Å². The van der Waals surface area contributed by atoms with Crippen LogP contribution in [0.1, 0.15) is 5.69 Å². The average Bonchev–Trinajstić information content (AvgIpc) is 2.48. The Balaban J connectivity index is 2.37. The maximum Gasteiger partial charge on any atom is 0.264 e. The van der Waals surface area contributed by atoms with Crippen molar-refractivity contribution in [3.05, 3.63) is 69.7 Å². The monoisotopic (exact) mass is 294 g/mol. The lowest BCUT2D eigenvalue weighted by molar-refractivity contribution is 1.11. The van der Waals surface area contributed by atoms with Crippen molar-refractivity contribution in [2.45, 2.75) is 6.92 Å². The second-order valence-electron chi connectivity index (χ2n) is 5.09. The van der Waals surface area contributed by atoms with Gasteiger partial charge in [0.15, 0.2) is 0 Å². The molecular weight excluding hydrogens is 284 g/mol. The van der Waals surface area contributed by atoms with Crippen LogP contribution in [-0.4, -0.2) is 9.38 Å². The smallest absolute Gasteiger partial charge is 0.264 e. The fourth-order valence-corrected chi connectivity index (χ4v) is 3.01. The molecule has 3 heterocycles. The normalized spacial score (nSPS) is 11.5. The highest BCUT2D eigenvalue weighted by atomic mass is 35.5. The van der Waals surface area contributed by atoms with Gasteiger partial charge in [-0.1, -0.05) is 17.7 Å². The van der Waals surface area contributed by atoms with Gasteiger partial charge in [0.1, 0.15) is 0 Å². The van der Waals surface area contributed by atoms with Gasteiger partial charge >= 0.3 is 0 Å². The van der Waals surface area contributed by atoms with E-state index in [1.807, 2.05) is 49.4 Å². The molecule has 0 fully saturated rings. The molecule has 3 aromatic heterocycles. The molecule has 4 heteroatoms. The Kier molecular flexibility index (Phi) is 2.53. The molecule has 0 bridgehead atoms. The Morgan fingerprint density at radius 2 is 1.95 bits per heavy atom. The molecule has 0 aliphatic rings. The lowest BCUT2D eigenvalue weighted by Gasteiger charge is -2.09. The minimum absolute atomic E-state index is 0.0463. The SMILES string of the molecule is Cc1nc2ccc(Cl)cc2c2cc3ccccn3c(=O)c12. The van der Waals surface area contributed by atoms with E-state index in [0.29, 0.717) is 10.4 Å². The predicted octanol–water partition coefficient (Wildman–Crippen LogP) is 3.96. The molecule has 0 saturated heterocycles. The highest BCUT2D eigenvalue weighted by Gasteiger charge is 2.11. The van der Waals surface area contributed by atoms with Crippen molar-refractivity contribution in [3.8, 4) is 0 Å². The van der Waals surface area contributed by atoms with Crippen LogP contribution < -0.4 is 5.56 Å². The first-order valence-electron chi connectivity index (χ1n) is 6.65. The number of halogens is 1. The van der Waals surface area contributed by atoms with E-state index in [2.05, 4.69) is 4.98 Å². The third-order valence-electron chi connectivity index (χ3n) is 3.78. The molecule has 0 radical (unpaired) electrons. The number of aromatic nitrogens is 2. The van der Waals surface area contributed by atoms with Gasteiger partial charge in [-0.3, -0.25) is 14.2 Å². The molecule has 1 aromatic carbocycles. The standard InChI is InChI=1S/C17H11ClN2O/c1-10-16-14(13-8-11(18)5-6-15(13)19-10)9-12-4-2-3-7-20(12)17(16)21/h2-9H,1H3. The highest BCUT2D eigenvalue weighted by Crippen LogP contribution is 2.27. The maximum absolute atomic E-state index is 12.7. The van der Waals surface area contributed by atoms with E-state index in [9.17, 15) is 4.79 Å². The van der Waals surface area contributed by atoms with E-state index in [1.54, 1.807) is 10.6 Å². The number of fused-ring (bicyclic) bond motifs is 4. The van der Waals surface area contributed by atoms with E-state index in [-0.39, 0.29) is 5.56 Å². The third kappa shape index (κ3) is 1.74. The lowest BCUT2D eigenvalue weighted by atomic mass is 10.1. The molecule has 0 aliphatic heterocycles. The van der Waals surface area contributed by atoms with Crippen molar-refractivity contribution in [1.82, 2.24) is 9.38 Å². The highest BCUT2D eigenvalue weighted by molar-refractivity contribution is 6.31. The molecule has 4 aromatic rings. The van der Waals surface area contributed by atoms with E-state index in [1.165, 1.54) is 0 Å². The van der Waals surface area contributed by atoms with Gasteiger partial charge < -0.3 is 0 Å². The number of nitrogens with zero attached hydrogens (tertiary/aromatic N) is 2. The largest absolute Gasteiger partial charge is 0.284 e. The fourth-order valence-electron chi connectivity index (χ4n) is 2.83. The summed E-state index contributed by atoms with van der Waals surface area (Å²) in [5.41, 5.74) is 2.41. The van der Waals surface area contributed by atoms with Gasteiger partial charge in [0.2, 0.25) is 0 Å². The quantitative estimate of drug-likeness (QED) is 0.363. The third-order valence-corrected chi connectivity index (χ3v) is 4.02. The molecule has 102 valence electrons. The number of hydrogen-bond acceptors (Lipinski definition) is 2. The minimum Gasteiger partial charge on any atom is -0.284 e. The summed E-state index contributed by atoms with van der Waals surface area (Å²) in [4.78, 5) is 17.3. The van der Waals surface area contributed by atoms with E-state index in [0.717, 1.165) is 27.5 Å². The van der Waals surface area contributed by atoms with Gasteiger partial charge in [-0.2, -0.15) is 0 Å². The van der Waals surface area contributed by atoms with Gasteiger partial charge in [-0.15, -0.1) is 0 Å². The van der Waals surface area contributed by atoms with Crippen molar-refractivity contribution >= 4 is 38.8 Å². The van der Waals surface area contributed by atoms with Crippen molar-refractivity contribution in [2.24, 2.45) is 0 Å². The summed E-state index contributed by atoms with van der Waals surface area (Å²) in [5.74, 6) is 0. The summed E-state index contributed by atoms with van der Waals surface area (Å²) >= 11 is 6.11. The van der Waals surface area contributed by atoms with Gasteiger partial charge in [-0.25, -0.2) is 0 Å². The minimum atomic E-state index is -0.0463. The second-order valence-corrected chi connectivity index (χ2v) is 5.53. The molecule has 0 atom stereocenters. The number of hydrogen-bond donors (Lipinski definition) is 0. The van der Waals surface area contributed by atoms with Crippen LogP contribution in [0.15, 0.2) is 53.5 Å². The Morgan fingerprint density at radius 1 is 1.10 bits per heavy atom. The number of rotatable bonds is 0. The summed E-state index contributed by atoms with van der Waals surface area (Å²) in [6.07, 6.45) is 1.78. The van der Waals surface area contributed by atoms with Gasteiger partial charge in [0.05, 0.1) is 16.6 Å². The Bertz CT molecular complexity index is 1080. The Labute approximate surface area is 125 Å². The van der Waals surface area contributed by atoms with Crippen LogP contribution >= 0.6 is 11.6 Å². The first-order chi connectivity index (χ1) is 10.1. The topological polar surface area (TPSA) is 34.4 Å². The Morgan fingerprint density at radius 3 is 2.81 bits per heavy atom. The van der Waals surface area contributed by atoms with Crippen molar-refractivity contribution in [1.29, 1.82) is 0 Å². The zero-order valence-corrected chi connectivity index (χ0v) is 12.1. The van der Waals surface area contributed by atoms with E-state index in [4.69, 9.17) is 11.6 Å². The number of benzene rings is 1. The fraction of sp³-hybridized carbons (Fsp3) is 0.0588. The zero-order chi connectivity index (χ0) is 14.6. The number of aryl methyl sites for hydroxylation is 1. The van der Waals surface area contributed by atoms with Crippen LogP contribution in [0, 0.1) is 6.92 Å². The van der Waals surface area contributed by atoms with Crippen LogP contribution in [-0.2, 0) is 0 Å². The van der Waals surface area contributed by atoms with Crippen molar-refractivity contribution in [2.75, 3.05) is 0 Å². The summed E-state index contributed by atoms with van der Waals surface area (Å²) in [6, 6.07) is 13.3. The van der Waals surface area contributed by atoms with Gasteiger partial charge in [0, 0.05) is 27.5 Å². The number of pyridine rings is 3. The average molecular weight is 295 g/mol. The molecule has 21 heavy (non-hydrogen) atoms. The molecule has 0 amide bonds. The van der Waals surface area contributed by atoms with E-state index < -0.39 is 0 Å². The molecule has 0 spiro atoms. The van der Waals surface area contributed by atoms with Crippen LogP contribution in [0.3, 0.4) is 0 Å². The first-order valence-corrected chi connectivity index (χ1v) is 7.03. The summed E-state index contributed by atoms with van der Waals surface area (Å²) in [5, 5.41) is 3.10. The molecule has 0 saturated carbocycles. The lowest BCUT2D eigenvalue weighted by Crippen LogP contribution is -2.14. The molecule has 0 aliphatic carbocycles. The first kappa shape index (κ1) is 12.4. The van der Waals surface area contributed by atoms with Crippen molar-refractivity contribution in [3.63, 3.8) is 0 Å². The zero-order valence-electron chi connectivity index (χ0n) is 11.3. The van der Waals surface area contributed by atoms with Crippen LogP contribution in [0.25, 0.3) is 27.2 Å². The summed E-state index contributed by atoms with van der Waals surface area (Å²) < 4.78 is 1.65. The molecular formula is C17H11ClN2O. The Hall–Kier alpha value is -2.39. The van der Waals surface area contributed by atoms with Gasteiger partial charge in [0.25, 0.3) is 5.56 Å². The van der Waals surface area contributed by atoms with Crippen LogP contribution in [0.2, 0.25) is 5.02 Å². The van der Waals surface area contributed by atoms with Gasteiger partial charge in [-0.05, 0) is 43.3 Å². The molecule has 0 N–H and O–H groups in total.